The maximum absolute atomic E-state index is 12.9. The van der Waals surface area contributed by atoms with Crippen LogP contribution in [0.3, 0.4) is 0 Å². The number of amides is 1. The van der Waals surface area contributed by atoms with Crippen molar-refractivity contribution < 1.29 is 4.79 Å². The Morgan fingerprint density at radius 2 is 1.68 bits per heavy atom. The van der Waals surface area contributed by atoms with Crippen molar-refractivity contribution in [1.29, 1.82) is 0 Å². The molecule has 0 saturated carbocycles. The quantitative estimate of drug-likeness (QED) is 0.453. The third-order valence-corrected chi connectivity index (χ3v) is 4.82. The van der Waals surface area contributed by atoms with E-state index in [1.165, 1.54) is 10.7 Å². The van der Waals surface area contributed by atoms with Crippen LogP contribution in [-0.4, -0.2) is 20.7 Å². The number of anilines is 1. The lowest BCUT2D eigenvalue weighted by atomic mass is 10.1. The van der Waals surface area contributed by atoms with Gasteiger partial charge in [-0.05, 0) is 30.3 Å². The van der Waals surface area contributed by atoms with Gasteiger partial charge in [-0.15, -0.1) is 0 Å². The molecule has 2 heterocycles. The Labute approximate surface area is 169 Å². The molecule has 0 atom stereocenters. The zero-order valence-corrected chi connectivity index (χ0v) is 15.9. The van der Waals surface area contributed by atoms with Crippen LogP contribution in [0, 0.1) is 0 Å². The van der Waals surface area contributed by atoms with E-state index in [0.717, 1.165) is 0 Å². The summed E-state index contributed by atoms with van der Waals surface area (Å²) in [7, 11) is 0. The molecule has 0 aliphatic rings. The summed E-state index contributed by atoms with van der Waals surface area (Å²) < 4.78 is 1.51. The Balaban J connectivity index is 1.71. The number of aromatic amines is 2. The number of rotatable bonds is 4. The lowest BCUT2D eigenvalue weighted by Crippen LogP contribution is -2.16. The molecule has 0 unspecified atom stereocenters. The average molecular weight is 413 g/mol. The van der Waals surface area contributed by atoms with Gasteiger partial charge in [0.25, 0.3) is 11.5 Å². The molecule has 0 spiro atoms. The summed E-state index contributed by atoms with van der Waals surface area (Å²) in [6.45, 7) is 0. The number of carbonyl (C=O) groups excluding carboxylic acids is 1. The Hall–Kier alpha value is -3.22. The van der Waals surface area contributed by atoms with Gasteiger partial charge < -0.3 is 10.3 Å². The molecule has 0 bridgehead atoms. The van der Waals surface area contributed by atoms with Crippen LogP contribution in [0.5, 0.6) is 0 Å². The van der Waals surface area contributed by atoms with E-state index in [4.69, 9.17) is 23.2 Å². The molecule has 0 aliphatic carbocycles. The van der Waals surface area contributed by atoms with Gasteiger partial charge in [0.15, 0.2) is 0 Å². The van der Waals surface area contributed by atoms with E-state index < -0.39 is 5.91 Å². The number of aromatic nitrogens is 3. The minimum absolute atomic E-state index is 0.281. The maximum Gasteiger partial charge on any atom is 0.273 e. The van der Waals surface area contributed by atoms with E-state index in [0.29, 0.717) is 32.7 Å². The molecule has 6 nitrogen and oxygen atoms in total. The first kappa shape index (κ1) is 18.2. The highest BCUT2D eigenvalue weighted by Crippen LogP contribution is 2.36. The van der Waals surface area contributed by atoms with E-state index >= 15 is 0 Å². The number of H-pyrrole nitrogens is 2. The monoisotopic (exact) mass is 412 g/mol. The largest absolute Gasteiger partial charge is 0.357 e. The van der Waals surface area contributed by atoms with Crippen LogP contribution >= 0.6 is 23.2 Å². The summed E-state index contributed by atoms with van der Waals surface area (Å²) in [5.41, 5.74) is 1.79. The molecule has 0 aliphatic heterocycles. The SMILES string of the molecule is O=C(Nc1cc(=O)[nH]n1-c1ccccc1)c1[nH]ccc1-c1c(Cl)cccc1Cl. The second-order valence-corrected chi connectivity index (χ2v) is 6.81. The molecule has 3 N–H and O–H groups in total. The predicted molar refractivity (Wildman–Crippen MR) is 111 cm³/mol. The fourth-order valence-corrected chi connectivity index (χ4v) is 3.56. The van der Waals surface area contributed by atoms with Crippen LogP contribution in [-0.2, 0) is 0 Å². The van der Waals surface area contributed by atoms with E-state index in [-0.39, 0.29) is 11.3 Å². The maximum atomic E-state index is 12.9. The van der Waals surface area contributed by atoms with Crippen molar-refractivity contribution in [2.75, 3.05) is 5.32 Å². The topological polar surface area (TPSA) is 82.7 Å². The Kier molecular flexibility index (Phi) is 4.81. The minimum Gasteiger partial charge on any atom is -0.357 e. The summed E-state index contributed by atoms with van der Waals surface area (Å²) in [6.07, 6.45) is 1.63. The average Bonchev–Trinajstić information content (AvgIpc) is 3.29. The highest BCUT2D eigenvalue weighted by atomic mass is 35.5. The number of benzene rings is 2. The molecule has 4 aromatic rings. The van der Waals surface area contributed by atoms with Gasteiger partial charge in [0, 0.05) is 33.4 Å². The first-order chi connectivity index (χ1) is 13.5. The molecular weight excluding hydrogens is 399 g/mol. The Bertz CT molecular complexity index is 1190. The number of hydrogen-bond acceptors (Lipinski definition) is 2. The number of para-hydroxylation sites is 1. The van der Waals surface area contributed by atoms with Crippen LogP contribution in [0.25, 0.3) is 16.8 Å². The van der Waals surface area contributed by atoms with E-state index in [2.05, 4.69) is 15.4 Å². The third kappa shape index (κ3) is 3.35. The second kappa shape index (κ2) is 7.42. The van der Waals surface area contributed by atoms with Crippen LogP contribution in [0.4, 0.5) is 5.82 Å². The standard InChI is InChI=1S/C20H14Cl2N4O2/c21-14-7-4-8-15(22)18(14)13-9-10-23-19(13)20(28)24-16-11-17(27)25-26(16)12-5-2-1-3-6-12/h1-11,23H,(H,24,28)(H,25,27). The van der Waals surface area contributed by atoms with E-state index in [1.807, 2.05) is 30.3 Å². The highest BCUT2D eigenvalue weighted by molar-refractivity contribution is 6.39. The van der Waals surface area contributed by atoms with Crippen LogP contribution in [0.2, 0.25) is 10.0 Å². The van der Waals surface area contributed by atoms with Crippen LogP contribution < -0.4 is 10.9 Å². The number of carbonyl (C=O) groups is 1. The summed E-state index contributed by atoms with van der Waals surface area (Å²) in [6, 6.07) is 17.3. The molecule has 1 amide bonds. The minimum atomic E-state index is -0.431. The van der Waals surface area contributed by atoms with Crippen molar-refractivity contribution >= 4 is 34.9 Å². The smallest absolute Gasteiger partial charge is 0.273 e. The summed E-state index contributed by atoms with van der Waals surface area (Å²) in [4.78, 5) is 27.7. The third-order valence-electron chi connectivity index (χ3n) is 4.19. The van der Waals surface area contributed by atoms with Gasteiger partial charge in [-0.2, -0.15) is 0 Å². The van der Waals surface area contributed by atoms with Gasteiger partial charge >= 0.3 is 0 Å². The van der Waals surface area contributed by atoms with Crippen molar-refractivity contribution in [3.63, 3.8) is 0 Å². The first-order valence-electron chi connectivity index (χ1n) is 8.35. The normalized spacial score (nSPS) is 10.8. The van der Waals surface area contributed by atoms with Gasteiger partial charge in [-0.3, -0.25) is 14.7 Å². The summed E-state index contributed by atoms with van der Waals surface area (Å²) >= 11 is 12.6. The lowest BCUT2D eigenvalue weighted by molar-refractivity contribution is 0.102. The zero-order chi connectivity index (χ0) is 19.7. The molecule has 2 aromatic heterocycles. The summed E-state index contributed by atoms with van der Waals surface area (Å²) in [5, 5.41) is 6.30. The van der Waals surface area contributed by atoms with Crippen LogP contribution in [0.15, 0.2) is 71.7 Å². The predicted octanol–water partition coefficient (Wildman–Crippen LogP) is 4.72. The number of hydrogen-bond donors (Lipinski definition) is 3. The molecule has 0 fully saturated rings. The van der Waals surface area contributed by atoms with Crippen molar-refractivity contribution in [2.45, 2.75) is 0 Å². The van der Waals surface area contributed by atoms with Crippen LogP contribution in [0.1, 0.15) is 10.5 Å². The van der Waals surface area contributed by atoms with Gasteiger partial charge in [0.1, 0.15) is 11.5 Å². The summed E-state index contributed by atoms with van der Waals surface area (Å²) in [5.74, 6) is -0.119. The lowest BCUT2D eigenvalue weighted by Gasteiger charge is -2.11. The highest BCUT2D eigenvalue weighted by Gasteiger charge is 2.20. The van der Waals surface area contributed by atoms with E-state index in [1.54, 1.807) is 30.5 Å². The molecule has 28 heavy (non-hydrogen) atoms. The molecule has 0 saturated heterocycles. The molecule has 4 rings (SSSR count). The molecule has 2 aromatic carbocycles. The molecular formula is C20H14Cl2N4O2. The first-order valence-corrected chi connectivity index (χ1v) is 9.11. The van der Waals surface area contributed by atoms with Gasteiger partial charge in [0.05, 0.1) is 5.69 Å². The number of nitrogens with zero attached hydrogens (tertiary/aromatic N) is 1. The zero-order valence-electron chi connectivity index (χ0n) is 14.4. The van der Waals surface area contributed by atoms with Crippen molar-refractivity contribution in [3.05, 3.63) is 93.0 Å². The molecule has 140 valence electrons. The van der Waals surface area contributed by atoms with E-state index in [9.17, 15) is 9.59 Å². The second-order valence-electron chi connectivity index (χ2n) is 5.99. The fourth-order valence-electron chi connectivity index (χ4n) is 2.96. The van der Waals surface area contributed by atoms with Crippen molar-refractivity contribution in [2.24, 2.45) is 0 Å². The number of nitrogens with one attached hydrogen (secondary N) is 3. The number of halogens is 2. The van der Waals surface area contributed by atoms with Gasteiger partial charge in [0.2, 0.25) is 0 Å². The molecule has 0 radical (unpaired) electrons. The Morgan fingerprint density at radius 3 is 2.39 bits per heavy atom. The van der Waals surface area contributed by atoms with Gasteiger partial charge in [-0.1, -0.05) is 47.5 Å². The van der Waals surface area contributed by atoms with Gasteiger partial charge in [-0.25, -0.2) is 4.68 Å². The molecule has 8 heteroatoms. The van der Waals surface area contributed by atoms with Crippen molar-refractivity contribution in [3.8, 4) is 16.8 Å². The Morgan fingerprint density at radius 1 is 0.964 bits per heavy atom. The van der Waals surface area contributed by atoms with Crippen molar-refractivity contribution in [1.82, 2.24) is 14.8 Å². The fraction of sp³-hybridized carbons (Fsp3) is 0.